The molecule has 1 aromatic rings. The molecule has 3 heterocycles. The highest BCUT2D eigenvalue weighted by Gasteiger charge is 2.47. The molecular weight excluding hydrogens is 480 g/mol. The van der Waals surface area contributed by atoms with E-state index in [9.17, 15) is 40.5 Å². The second-order valence-corrected chi connectivity index (χ2v) is 9.18. The van der Waals surface area contributed by atoms with Gasteiger partial charge in [0.15, 0.2) is 5.88 Å². The van der Waals surface area contributed by atoms with E-state index >= 15 is 0 Å². The summed E-state index contributed by atoms with van der Waals surface area (Å²) in [5, 5.41) is 75.3. The molecule has 2 fully saturated rings. The normalized spacial score (nSPS) is 37.3. The van der Waals surface area contributed by atoms with Crippen molar-refractivity contribution in [2.45, 2.75) is 61.9 Å². The zero-order valence-corrected chi connectivity index (χ0v) is 19.3. The smallest absolute Gasteiger partial charge is 0.321 e. The molecule has 0 aromatic heterocycles. The van der Waals surface area contributed by atoms with Gasteiger partial charge in [-0.3, -0.25) is 5.32 Å². The van der Waals surface area contributed by atoms with Gasteiger partial charge < -0.3 is 55.3 Å². The molecule has 1 aromatic carbocycles. The Morgan fingerprint density at radius 2 is 1.61 bits per heavy atom. The first-order valence-electron chi connectivity index (χ1n) is 11.7. The molecule has 200 valence electrons. The monoisotopic (exact) mass is 512 g/mol. The Hall–Kier alpha value is -2.49. The predicted molar refractivity (Wildman–Crippen MR) is 121 cm³/mol. The highest BCUT2D eigenvalue weighted by molar-refractivity contribution is 5.84. The third-order valence-corrected chi connectivity index (χ3v) is 6.78. The number of urea groups is 1. The van der Waals surface area contributed by atoms with Gasteiger partial charge in [-0.15, -0.1) is 0 Å². The van der Waals surface area contributed by atoms with Crippen molar-refractivity contribution in [3.63, 3.8) is 0 Å². The summed E-state index contributed by atoms with van der Waals surface area (Å²) in [5.74, 6) is -0.484. The number of benzene rings is 1. The molecule has 3 aliphatic heterocycles. The maximum absolute atomic E-state index is 11.3. The zero-order valence-electron chi connectivity index (χ0n) is 19.3. The number of rotatable bonds is 7. The van der Waals surface area contributed by atoms with Gasteiger partial charge in [0.2, 0.25) is 6.29 Å². The van der Waals surface area contributed by atoms with Gasteiger partial charge in [-0.05, 0) is 36.5 Å². The molecule has 2 saturated heterocycles. The lowest BCUT2D eigenvalue weighted by molar-refractivity contribution is -0.253. The third kappa shape index (κ3) is 5.58. The number of nitrogens with one attached hydrogen (secondary N) is 2. The second-order valence-electron chi connectivity index (χ2n) is 9.18. The van der Waals surface area contributed by atoms with Crippen molar-refractivity contribution < 1.29 is 54.8 Å². The van der Waals surface area contributed by atoms with Gasteiger partial charge in [0.25, 0.3) is 0 Å². The minimum Gasteiger partial charge on any atom is -0.494 e. The fourth-order valence-electron chi connectivity index (χ4n) is 4.73. The average Bonchev–Trinajstić information content (AvgIpc) is 2.87. The van der Waals surface area contributed by atoms with E-state index in [2.05, 4.69) is 10.6 Å². The summed E-state index contributed by atoms with van der Waals surface area (Å²) >= 11 is 0. The highest BCUT2D eigenvalue weighted by atomic mass is 16.7. The summed E-state index contributed by atoms with van der Waals surface area (Å²) in [6.07, 6.45) is -9.26. The SMILES string of the molecule is O=C1NCC(c2ccc(O[C@H]3OC(CO)CC(C[C@H]4OC(CO)[C@@H](O)C(O)C4O)C3O)cc2)=C(O)N1. The van der Waals surface area contributed by atoms with Gasteiger partial charge in [0, 0.05) is 5.57 Å². The summed E-state index contributed by atoms with van der Waals surface area (Å²) < 4.78 is 17.1. The molecule has 13 nitrogen and oxygen atoms in total. The number of aliphatic hydroxyl groups excluding tert-OH is 7. The number of hydrogen-bond acceptors (Lipinski definition) is 11. The maximum atomic E-state index is 11.3. The number of amides is 2. The summed E-state index contributed by atoms with van der Waals surface area (Å²) in [4.78, 5) is 11.3. The van der Waals surface area contributed by atoms with Crippen molar-refractivity contribution in [3.05, 3.63) is 35.7 Å². The van der Waals surface area contributed by atoms with Crippen LogP contribution in [-0.4, -0.2) is 111 Å². The van der Waals surface area contributed by atoms with Gasteiger partial charge in [-0.2, -0.15) is 0 Å². The van der Waals surface area contributed by atoms with Crippen LogP contribution in [0.3, 0.4) is 0 Å². The Bertz CT molecular complexity index is 940. The molecule has 36 heavy (non-hydrogen) atoms. The molecule has 0 saturated carbocycles. The number of ether oxygens (including phenoxy) is 3. The number of hydrogen-bond donors (Lipinski definition) is 9. The number of aliphatic hydroxyl groups is 7. The predicted octanol–water partition coefficient (Wildman–Crippen LogP) is -2.08. The topological polar surface area (TPSA) is 210 Å². The molecule has 4 rings (SSSR count). The average molecular weight is 513 g/mol. The van der Waals surface area contributed by atoms with Crippen molar-refractivity contribution in [2.24, 2.45) is 5.92 Å². The number of carbonyl (C=O) groups excluding carboxylic acids is 1. The van der Waals surface area contributed by atoms with Gasteiger partial charge in [0.05, 0.1) is 32.0 Å². The van der Waals surface area contributed by atoms with Crippen molar-refractivity contribution >= 4 is 11.6 Å². The molecule has 6 unspecified atom stereocenters. The largest absolute Gasteiger partial charge is 0.494 e. The Balaban J connectivity index is 1.44. The van der Waals surface area contributed by atoms with E-state index in [1.54, 1.807) is 24.3 Å². The fourth-order valence-corrected chi connectivity index (χ4v) is 4.73. The minimum atomic E-state index is -1.53. The highest BCUT2D eigenvalue weighted by Crippen LogP contribution is 2.34. The summed E-state index contributed by atoms with van der Waals surface area (Å²) in [6, 6.07) is 6.00. The quantitative estimate of drug-likeness (QED) is 0.194. The molecule has 9 N–H and O–H groups in total. The number of carbonyl (C=O) groups is 1. The Kier molecular flexibility index (Phi) is 8.32. The van der Waals surface area contributed by atoms with Crippen LogP contribution in [0.4, 0.5) is 4.79 Å². The minimum absolute atomic E-state index is 0.0490. The van der Waals surface area contributed by atoms with Gasteiger partial charge in [0.1, 0.15) is 36.3 Å². The van der Waals surface area contributed by atoms with E-state index in [1.165, 1.54) is 0 Å². The maximum Gasteiger partial charge on any atom is 0.321 e. The molecule has 9 atom stereocenters. The Morgan fingerprint density at radius 3 is 2.25 bits per heavy atom. The standard InChI is InChI=1S/C23H32N2O11/c26-8-13-5-11(6-15-18(29)20(31)19(30)16(9-27)36-15)17(28)22(35-13)34-12-3-1-10(2-4-12)14-7-24-23(33)25-21(14)32/h1-4,11,13,15-20,22,26-32H,5-9H2,(H2,24,25,33)/t11?,13?,15-,16?,17?,18?,19-,20?,22+/m1/s1. The second kappa shape index (κ2) is 11.3. The van der Waals surface area contributed by atoms with Crippen LogP contribution in [0.15, 0.2) is 30.1 Å². The lowest BCUT2D eigenvalue weighted by atomic mass is 9.83. The van der Waals surface area contributed by atoms with E-state index in [-0.39, 0.29) is 31.9 Å². The molecule has 0 spiro atoms. The summed E-state index contributed by atoms with van der Waals surface area (Å²) in [7, 11) is 0. The van der Waals surface area contributed by atoms with Crippen LogP contribution in [0.2, 0.25) is 0 Å². The Labute approximate surface area is 206 Å². The van der Waals surface area contributed by atoms with Crippen LogP contribution in [0.1, 0.15) is 18.4 Å². The first-order valence-corrected chi connectivity index (χ1v) is 11.7. The third-order valence-electron chi connectivity index (χ3n) is 6.78. The van der Waals surface area contributed by atoms with Crippen LogP contribution in [0.25, 0.3) is 5.57 Å². The van der Waals surface area contributed by atoms with E-state index in [0.29, 0.717) is 16.9 Å². The molecule has 13 heteroatoms. The van der Waals surface area contributed by atoms with Crippen LogP contribution in [0.5, 0.6) is 5.75 Å². The van der Waals surface area contributed by atoms with Gasteiger partial charge in [-0.25, -0.2) is 4.79 Å². The first kappa shape index (κ1) is 26.6. The van der Waals surface area contributed by atoms with Crippen LogP contribution >= 0.6 is 0 Å². The summed E-state index contributed by atoms with van der Waals surface area (Å²) in [5.41, 5.74) is 1.11. The lowest BCUT2D eigenvalue weighted by Gasteiger charge is -2.44. The van der Waals surface area contributed by atoms with Crippen LogP contribution in [-0.2, 0) is 9.47 Å². The molecule has 3 aliphatic rings. The van der Waals surface area contributed by atoms with E-state index in [1.807, 2.05) is 0 Å². The van der Waals surface area contributed by atoms with Crippen LogP contribution in [0, 0.1) is 5.92 Å². The van der Waals surface area contributed by atoms with Crippen molar-refractivity contribution in [3.8, 4) is 5.75 Å². The molecule has 0 radical (unpaired) electrons. The lowest BCUT2D eigenvalue weighted by Crippen LogP contribution is -2.59. The van der Waals surface area contributed by atoms with Crippen molar-refractivity contribution in [1.82, 2.24) is 10.6 Å². The fraction of sp³-hybridized carbons (Fsp3) is 0.609. The van der Waals surface area contributed by atoms with E-state index in [0.717, 1.165) is 0 Å². The molecule has 2 amide bonds. The van der Waals surface area contributed by atoms with Crippen LogP contribution < -0.4 is 15.4 Å². The van der Waals surface area contributed by atoms with Gasteiger partial charge >= 0.3 is 6.03 Å². The summed E-state index contributed by atoms with van der Waals surface area (Å²) in [6.45, 7) is -0.765. The van der Waals surface area contributed by atoms with E-state index in [4.69, 9.17) is 14.2 Å². The molecule has 0 bridgehead atoms. The Morgan fingerprint density at radius 1 is 0.917 bits per heavy atom. The first-order chi connectivity index (χ1) is 17.2. The molecular formula is C23H32N2O11. The van der Waals surface area contributed by atoms with E-state index < -0.39 is 67.6 Å². The van der Waals surface area contributed by atoms with Crippen molar-refractivity contribution in [2.75, 3.05) is 19.8 Å². The van der Waals surface area contributed by atoms with Gasteiger partial charge in [-0.1, -0.05) is 12.1 Å². The molecule has 0 aliphatic carbocycles. The van der Waals surface area contributed by atoms with Crippen molar-refractivity contribution in [1.29, 1.82) is 0 Å². The zero-order chi connectivity index (χ0) is 26.0.